The SMILES string of the molecule is CCCn1c(SCc2cc(-c3ccc(OC)cc3)no2)n[nH]c1=O. The molecule has 3 rings (SSSR count). The highest BCUT2D eigenvalue weighted by molar-refractivity contribution is 7.98. The molecular formula is C16H18N4O3S. The highest BCUT2D eigenvalue weighted by atomic mass is 32.2. The molecule has 3 aromatic rings. The van der Waals surface area contributed by atoms with Gasteiger partial charge in [0.25, 0.3) is 0 Å². The zero-order chi connectivity index (χ0) is 16.9. The van der Waals surface area contributed by atoms with Crippen molar-refractivity contribution in [3.05, 3.63) is 46.6 Å². The third-order valence-corrected chi connectivity index (χ3v) is 4.46. The summed E-state index contributed by atoms with van der Waals surface area (Å²) in [7, 11) is 1.63. The van der Waals surface area contributed by atoms with Gasteiger partial charge in [-0.15, -0.1) is 5.10 Å². The number of H-pyrrole nitrogens is 1. The molecule has 0 spiro atoms. The van der Waals surface area contributed by atoms with Gasteiger partial charge in [-0.3, -0.25) is 4.57 Å². The second-order valence-corrected chi connectivity index (χ2v) is 6.10. The Bertz CT molecular complexity index is 851. The van der Waals surface area contributed by atoms with E-state index in [9.17, 15) is 4.79 Å². The number of aromatic nitrogens is 4. The molecule has 0 aliphatic carbocycles. The Hall–Kier alpha value is -2.48. The maximum Gasteiger partial charge on any atom is 0.343 e. The first-order valence-corrected chi connectivity index (χ1v) is 8.58. The van der Waals surface area contributed by atoms with E-state index in [1.807, 2.05) is 37.3 Å². The van der Waals surface area contributed by atoms with E-state index < -0.39 is 0 Å². The predicted molar refractivity (Wildman–Crippen MR) is 91.2 cm³/mol. The van der Waals surface area contributed by atoms with E-state index in [1.165, 1.54) is 11.8 Å². The largest absolute Gasteiger partial charge is 0.497 e. The molecule has 0 aliphatic heterocycles. The lowest BCUT2D eigenvalue weighted by atomic mass is 10.1. The van der Waals surface area contributed by atoms with Crippen LogP contribution >= 0.6 is 11.8 Å². The van der Waals surface area contributed by atoms with Crippen molar-refractivity contribution in [2.45, 2.75) is 30.8 Å². The van der Waals surface area contributed by atoms with Crippen LogP contribution in [0.1, 0.15) is 19.1 Å². The summed E-state index contributed by atoms with van der Waals surface area (Å²) in [6.07, 6.45) is 0.872. The maximum absolute atomic E-state index is 11.7. The van der Waals surface area contributed by atoms with Crippen molar-refractivity contribution in [2.75, 3.05) is 7.11 Å². The molecule has 0 saturated heterocycles. The number of ether oxygens (including phenoxy) is 1. The second kappa shape index (κ2) is 7.39. The van der Waals surface area contributed by atoms with Gasteiger partial charge in [-0.25, -0.2) is 9.89 Å². The first-order valence-electron chi connectivity index (χ1n) is 7.59. The van der Waals surface area contributed by atoms with Crippen molar-refractivity contribution >= 4 is 11.8 Å². The first-order chi connectivity index (χ1) is 11.7. The van der Waals surface area contributed by atoms with Crippen LogP contribution in [0.2, 0.25) is 0 Å². The molecule has 1 N–H and O–H groups in total. The van der Waals surface area contributed by atoms with E-state index in [1.54, 1.807) is 11.7 Å². The molecule has 24 heavy (non-hydrogen) atoms. The van der Waals surface area contributed by atoms with Crippen LogP contribution < -0.4 is 10.4 Å². The number of hydrogen-bond donors (Lipinski definition) is 1. The number of nitrogens with zero attached hydrogens (tertiary/aromatic N) is 3. The Balaban J connectivity index is 1.69. The molecule has 0 atom stereocenters. The average molecular weight is 346 g/mol. The number of hydrogen-bond acceptors (Lipinski definition) is 6. The fraction of sp³-hybridized carbons (Fsp3) is 0.312. The lowest BCUT2D eigenvalue weighted by Crippen LogP contribution is -2.17. The Morgan fingerprint density at radius 1 is 1.33 bits per heavy atom. The maximum atomic E-state index is 11.7. The van der Waals surface area contributed by atoms with Gasteiger partial charge in [-0.2, -0.15) is 0 Å². The second-order valence-electron chi connectivity index (χ2n) is 5.16. The lowest BCUT2D eigenvalue weighted by molar-refractivity contribution is 0.397. The van der Waals surface area contributed by atoms with Gasteiger partial charge in [0.2, 0.25) is 0 Å². The molecule has 7 nitrogen and oxygen atoms in total. The zero-order valence-corrected chi connectivity index (χ0v) is 14.3. The van der Waals surface area contributed by atoms with Crippen molar-refractivity contribution in [1.82, 2.24) is 19.9 Å². The van der Waals surface area contributed by atoms with Gasteiger partial charge in [-0.05, 0) is 30.7 Å². The zero-order valence-electron chi connectivity index (χ0n) is 13.5. The van der Waals surface area contributed by atoms with E-state index in [2.05, 4.69) is 15.4 Å². The monoisotopic (exact) mass is 346 g/mol. The molecule has 0 amide bonds. The van der Waals surface area contributed by atoms with Crippen LogP contribution in [-0.2, 0) is 12.3 Å². The Labute approximate surface area is 143 Å². The van der Waals surface area contributed by atoms with Crippen molar-refractivity contribution in [3.8, 4) is 17.0 Å². The molecule has 0 bridgehead atoms. The quantitative estimate of drug-likeness (QED) is 0.662. The van der Waals surface area contributed by atoms with Crippen LogP contribution in [-0.4, -0.2) is 27.0 Å². The lowest BCUT2D eigenvalue weighted by Gasteiger charge is -2.01. The van der Waals surface area contributed by atoms with Crippen LogP contribution in [0.25, 0.3) is 11.3 Å². The smallest absolute Gasteiger partial charge is 0.343 e. The Morgan fingerprint density at radius 3 is 2.83 bits per heavy atom. The molecule has 1 aromatic carbocycles. The molecule has 0 aliphatic rings. The Kier molecular flexibility index (Phi) is 5.05. The third kappa shape index (κ3) is 3.53. The molecule has 0 saturated carbocycles. The molecule has 2 aromatic heterocycles. The molecule has 0 fully saturated rings. The number of nitrogens with one attached hydrogen (secondary N) is 1. The van der Waals surface area contributed by atoms with Crippen LogP contribution in [0.15, 0.2) is 44.8 Å². The van der Waals surface area contributed by atoms with Crippen LogP contribution in [0.4, 0.5) is 0 Å². The molecular weight excluding hydrogens is 328 g/mol. The van der Waals surface area contributed by atoms with Crippen molar-refractivity contribution in [2.24, 2.45) is 0 Å². The standard InChI is InChI=1S/C16H18N4O3S/c1-3-8-20-15(21)17-18-16(20)24-10-13-9-14(19-23-13)11-4-6-12(22-2)7-5-11/h4-7,9H,3,8,10H2,1-2H3,(H,17,21). The topological polar surface area (TPSA) is 85.9 Å². The minimum Gasteiger partial charge on any atom is -0.497 e. The fourth-order valence-electron chi connectivity index (χ4n) is 2.25. The van der Waals surface area contributed by atoms with Crippen LogP contribution in [0, 0.1) is 0 Å². The number of benzene rings is 1. The van der Waals surface area contributed by atoms with Crippen molar-refractivity contribution in [3.63, 3.8) is 0 Å². The summed E-state index contributed by atoms with van der Waals surface area (Å²) in [6.45, 7) is 2.66. The molecule has 8 heteroatoms. The average Bonchev–Trinajstić information content (AvgIpc) is 3.21. The minimum atomic E-state index is -0.184. The van der Waals surface area contributed by atoms with Gasteiger partial charge < -0.3 is 9.26 Å². The van der Waals surface area contributed by atoms with Gasteiger partial charge in [0, 0.05) is 18.2 Å². The molecule has 2 heterocycles. The van der Waals surface area contributed by atoms with Crippen LogP contribution in [0.5, 0.6) is 5.75 Å². The molecule has 126 valence electrons. The summed E-state index contributed by atoms with van der Waals surface area (Å²) in [5.41, 5.74) is 1.54. The van der Waals surface area contributed by atoms with Crippen molar-refractivity contribution < 1.29 is 9.26 Å². The van der Waals surface area contributed by atoms with Crippen molar-refractivity contribution in [1.29, 1.82) is 0 Å². The summed E-state index contributed by atoms with van der Waals surface area (Å²) in [5.74, 6) is 2.08. The third-order valence-electron chi connectivity index (χ3n) is 3.46. The first kappa shape index (κ1) is 16.4. The summed E-state index contributed by atoms with van der Waals surface area (Å²) < 4.78 is 12.2. The highest BCUT2D eigenvalue weighted by Gasteiger charge is 2.11. The van der Waals surface area contributed by atoms with E-state index in [0.29, 0.717) is 17.5 Å². The van der Waals surface area contributed by atoms with Gasteiger partial charge >= 0.3 is 5.69 Å². The predicted octanol–water partition coefficient (Wildman–Crippen LogP) is 2.94. The van der Waals surface area contributed by atoms with E-state index in [0.717, 1.165) is 29.2 Å². The van der Waals surface area contributed by atoms with E-state index in [-0.39, 0.29) is 5.69 Å². The van der Waals surface area contributed by atoms with Gasteiger partial charge in [0.1, 0.15) is 17.2 Å². The molecule has 0 radical (unpaired) electrons. The number of rotatable bonds is 7. The van der Waals surface area contributed by atoms with E-state index >= 15 is 0 Å². The fourth-order valence-corrected chi connectivity index (χ4v) is 3.10. The number of thioether (sulfide) groups is 1. The summed E-state index contributed by atoms with van der Waals surface area (Å²) >= 11 is 1.44. The van der Waals surface area contributed by atoms with E-state index in [4.69, 9.17) is 9.26 Å². The normalized spacial score (nSPS) is 10.9. The van der Waals surface area contributed by atoms with Gasteiger partial charge in [0.05, 0.1) is 12.9 Å². The summed E-state index contributed by atoms with van der Waals surface area (Å²) in [6, 6.07) is 9.52. The number of aromatic amines is 1. The van der Waals surface area contributed by atoms with Gasteiger partial charge in [-0.1, -0.05) is 23.8 Å². The summed E-state index contributed by atoms with van der Waals surface area (Å²) in [4.78, 5) is 11.7. The summed E-state index contributed by atoms with van der Waals surface area (Å²) in [5, 5.41) is 11.3. The van der Waals surface area contributed by atoms with Crippen LogP contribution in [0.3, 0.4) is 0 Å². The minimum absolute atomic E-state index is 0.184. The highest BCUT2D eigenvalue weighted by Crippen LogP contribution is 2.25. The Morgan fingerprint density at radius 2 is 2.12 bits per heavy atom. The van der Waals surface area contributed by atoms with Gasteiger partial charge in [0.15, 0.2) is 5.16 Å². The number of methoxy groups -OCH3 is 1. The molecule has 0 unspecified atom stereocenters.